The number of nitrogens with one attached hydrogen (secondary N) is 1. The predicted molar refractivity (Wildman–Crippen MR) is 156 cm³/mol. The standard InChI is InChI=1S/C30H36ClN3O4S/c1-5-23(4)32-30(36)28(6-2)33(20-24-14-12-22(3)13-15-24)29(35)21-34(26-10-8-7-9-11-26)39(37,38)27-18-16-25(31)17-19-27/h7-19,23,28H,5-6,20-21H2,1-4H3,(H,32,36). The third-order valence-electron chi connectivity index (χ3n) is 6.59. The van der Waals surface area contributed by atoms with E-state index >= 15 is 0 Å². The number of halogens is 1. The van der Waals surface area contributed by atoms with Crippen molar-refractivity contribution in [1.82, 2.24) is 10.2 Å². The van der Waals surface area contributed by atoms with Crippen LogP contribution in [-0.2, 0) is 26.2 Å². The molecule has 3 aromatic carbocycles. The van der Waals surface area contributed by atoms with Crippen molar-refractivity contribution < 1.29 is 18.0 Å². The van der Waals surface area contributed by atoms with Crippen molar-refractivity contribution in [3.8, 4) is 0 Å². The van der Waals surface area contributed by atoms with E-state index in [0.717, 1.165) is 21.9 Å². The molecule has 0 aliphatic rings. The van der Waals surface area contributed by atoms with Gasteiger partial charge in [-0.2, -0.15) is 0 Å². The van der Waals surface area contributed by atoms with Crippen LogP contribution in [0.15, 0.2) is 83.8 Å². The fraction of sp³-hybridized carbons (Fsp3) is 0.333. The molecule has 3 aromatic rings. The van der Waals surface area contributed by atoms with Crippen molar-refractivity contribution in [3.63, 3.8) is 0 Å². The number of rotatable bonds is 12. The molecule has 0 aromatic heterocycles. The Morgan fingerprint density at radius 1 is 0.897 bits per heavy atom. The summed E-state index contributed by atoms with van der Waals surface area (Å²) in [6.45, 7) is 7.38. The number of sulfonamides is 1. The minimum atomic E-state index is -4.13. The molecule has 7 nitrogen and oxygen atoms in total. The van der Waals surface area contributed by atoms with Crippen LogP contribution >= 0.6 is 11.6 Å². The molecule has 0 bridgehead atoms. The number of carbonyl (C=O) groups excluding carboxylic acids is 2. The van der Waals surface area contributed by atoms with E-state index in [1.54, 1.807) is 30.3 Å². The highest BCUT2D eigenvalue weighted by atomic mass is 35.5. The van der Waals surface area contributed by atoms with Crippen LogP contribution in [0.25, 0.3) is 0 Å². The van der Waals surface area contributed by atoms with Gasteiger partial charge in [-0.15, -0.1) is 0 Å². The lowest BCUT2D eigenvalue weighted by Gasteiger charge is -2.33. The largest absolute Gasteiger partial charge is 0.352 e. The van der Waals surface area contributed by atoms with Gasteiger partial charge in [0.05, 0.1) is 10.6 Å². The zero-order valence-corrected chi connectivity index (χ0v) is 24.4. The highest BCUT2D eigenvalue weighted by Crippen LogP contribution is 2.25. The maximum absolute atomic E-state index is 14.0. The average molecular weight is 570 g/mol. The van der Waals surface area contributed by atoms with Crippen LogP contribution in [0.2, 0.25) is 5.02 Å². The van der Waals surface area contributed by atoms with Gasteiger partial charge in [0.15, 0.2) is 0 Å². The van der Waals surface area contributed by atoms with E-state index in [-0.39, 0.29) is 23.4 Å². The second kappa shape index (κ2) is 13.6. The molecule has 0 spiro atoms. The van der Waals surface area contributed by atoms with Gasteiger partial charge in [0, 0.05) is 17.6 Å². The van der Waals surface area contributed by atoms with Crippen molar-refractivity contribution >= 4 is 39.1 Å². The first-order chi connectivity index (χ1) is 18.6. The van der Waals surface area contributed by atoms with Gasteiger partial charge >= 0.3 is 0 Å². The highest BCUT2D eigenvalue weighted by molar-refractivity contribution is 7.92. The molecule has 0 radical (unpaired) electrons. The molecule has 39 heavy (non-hydrogen) atoms. The molecule has 2 unspecified atom stereocenters. The summed E-state index contributed by atoms with van der Waals surface area (Å²) < 4.78 is 28.7. The number of aryl methyl sites for hydroxylation is 1. The average Bonchev–Trinajstić information content (AvgIpc) is 2.93. The summed E-state index contributed by atoms with van der Waals surface area (Å²) in [5.41, 5.74) is 2.26. The van der Waals surface area contributed by atoms with Crippen molar-refractivity contribution in [2.24, 2.45) is 0 Å². The molecule has 0 heterocycles. The van der Waals surface area contributed by atoms with Crippen LogP contribution in [-0.4, -0.2) is 43.8 Å². The molecule has 0 aliphatic carbocycles. The number of anilines is 1. The number of amides is 2. The summed E-state index contributed by atoms with van der Waals surface area (Å²) in [6, 6.07) is 21.2. The zero-order chi connectivity index (χ0) is 28.6. The van der Waals surface area contributed by atoms with Gasteiger partial charge in [0.25, 0.3) is 10.0 Å². The van der Waals surface area contributed by atoms with Gasteiger partial charge in [-0.05, 0) is 68.7 Å². The Morgan fingerprint density at radius 2 is 1.51 bits per heavy atom. The number of carbonyl (C=O) groups is 2. The maximum Gasteiger partial charge on any atom is 0.264 e. The first-order valence-corrected chi connectivity index (χ1v) is 14.9. The van der Waals surface area contributed by atoms with Crippen LogP contribution < -0.4 is 9.62 Å². The molecule has 0 aliphatic heterocycles. The van der Waals surface area contributed by atoms with E-state index < -0.39 is 28.5 Å². The Morgan fingerprint density at radius 3 is 2.08 bits per heavy atom. The fourth-order valence-corrected chi connectivity index (χ4v) is 5.65. The summed E-state index contributed by atoms with van der Waals surface area (Å²) in [5.74, 6) is -0.748. The highest BCUT2D eigenvalue weighted by Gasteiger charge is 2.33. The van der Waals surface area contributed by atoms with Crippen LogP contribution in [0.4, 0.5) is 5.69 Å². The van der Waals surface area contributed by atoms with Gasteiger partial charge in [-0.1, -0.05) is 73.5 Å². The Hall–Kier alpha value is -3.36. The summed E-state index contributed by atoms with van der Waals surface area (Å²) >= 11 is 5.99. The zero-order valence-electron chi connectivity index (χ0n) is 22.8. The smallest absolute Gasteiger partial charge is 0.264 e. The number of para-hydroxylation sites is 1. The molecule has 1 N–H and O–H groups in total. The van der Waals surface area contributed by atoms with E-state index in [0.29, 0.717) is 17.1 Å². The lowest BCUT2D eigenvalue weighted by atomic mass is 10.1. The van der Waals surface area contributed by atoms with Crippen LogP contribution in [0, 0.1) is 6.92 Å². The molecule has 3 rings (SSSR count). The molecule has 0 fully saturated rings. The molecule has 2 atom stereocenters. The number of nitrogens with zero attached hydrogens (tertiary/aromatic N) is 2. The molecule has 9 heteroatoms. The van der Waals surface area contributed by atoms with Crippen molar-refractivity contribution in [2.45, 2.75) is 64.1 Å². The van der Waals surface area contributed by atoms with Crippen LogP contribution in [0.3, 0.4) is 0 Å². The molecule has 0 saturated heterocycles. The number of hydrogen-bond acceptors (Lipinski definition) is 4. The van der Waals surface area contributed by atoms with Gasteiger partial charge < -0.3 is 10.2 Å². The first kappa shape index (κ1) is 30.2. The van der Waals surface area contributed by atoms with E-state index in [9.17, 15) is 18.0 Å². The quantitative estimate of drug-likeness (QED) is 0.309. The van der Waals surface area contributed by atoms with E-state index in [2.05, 4.69) is 5.32 Å². The van der Waals surface area contributed by atoms with Crippen LogP contribution in [0.5, 0.6) is 0 Å². The van der Waals surface area contributed by atoms with Gasteiger partial charge in [-0.25, -0.2) is 8.42 Å². The molecule has 0 saturated carbocycles. The van der Waals surface area contributed by atoms with Gasteiger partial charge in [0.2, 0.25) is 11.8 Å². The minimum absolute atomic E-state index is 0.00944. The Bertz CT molecular complexity index is 1350. The van der Waals surface area contributed by atoms with E-state index in [1.807, 2.05) is 52.0 Å². The van der Waals surface area contributed by atoms with Gasteiger partial charge in [-0.3, -0.25) is 13.9 Å². The van der Waals surface area contributed by atoms with E-state index in [1.165, 1.54) is 29.2 Å². The van der Waals surface area contributed by atoms with Crippen molar-refractivity contribution in [1.29, 1.82) is 0 Å². The number of hydrogen-bond donors (Lipinski definition) is 1. The fourth-order valence-electron chi connectivity index (χ4n) is 4.11. The lowest BCUT2D eigenvalue weighted by molar-refractivity contribution is -0.140. The topological polar surface area (TPSA) is 86.8 Å². The second-order valence-electron chi connectivity index (χ2n) is 9.55. The Balaban J connectivity index is 2.02. The predicted octanol–water partition coefficient (Wildman–Crippen LogP) is 5.57. The molecular formula is C30H36ClN3O4S. The van der Waals surface area contributed by atoms with Crippen LogP contribution in [0.1, 0.15) is 44.7 Å². The van der Waals surface area contributed by atoms with Crippen molar-refractivity contribution in [2.75, 3.05) is 10.8 Å². The molecule has 208 valence electrons. The van der Waals surface area contributed by atoms with Gasteiger partial charge in [0.1, 0.15) is 12.6 Å². The lowest BCUT2D eigenvalue weighted by Crippen LogP contribution is -2.53. The molecule has 2 amide bonds. The van der Waals surface area contributed by atoms with E-state index in [4.69, 9.17) is 11.6 Å². The third kappa shape index (κ3) is 7.83. The molecular weight excluding hydrogens is 534 g/mol. The summed E-state index contributed by atoms with van der Waals surface area (Å²) in [4.78, 5) is 28.8. The minimum Gasteiger partial charge on any atom is -0.352 e. The maximum atomic E-state index is 14.0. The SMILES string of the molecule is CCC(C)NC(=O)C(CC)N(Cc1ccc(C)cc1)C(=O)CN(c1ccccc1)S(=O)(=O)c1ccc(Cl)cc1. The first-order valence-electron chi connectivity index (χ1n) is 13.1. The second-order valence-corrected chi connectivity index (χ2v) is 11.8. The summed E-state index contributed by atoms with van der Waals surface area (Å²) in [6.07, 6.45) is 1.12. The summed E-state index contributed by atoms with van der Waals surface area (Å²) in [5, 5.41) is 3.38. The third-order valence-corrected chi connectivity index (χ3v) is 8.63. The number of benzene rings is 3. The summed E-state index contributed by atoms with van der Waals surface area (Å²) in [7, 11) is -4.13. The normalized spacial score (nSPS) is 12.8. The monoisotopic (exact) mass is 569 g/mol. The van der Waals surface area contributed by atoms with Crippen molar-refractivity contribution in [3.05, 3.63) is 95.0 Å². The Kier molecular flexibility index (Phi) is 10.5. The Labute approximate surface area is 236 Å².